The van der Waals surface area contributed by atoms with Crippen molar-refractivity contribution in [3.8, 4) is 17.5 Å². The van der Waals surface area contributed by atoms with Gasteiger partial charge in [0, 0.05) is 6.20 Å². The Bertz CT molecular complexity index is 599. The third kappa shape index (κ3) is 3.35. The number of hydrogen-bond acceptors (Lipinski definition) is 6. The van der Waals surface area contributed by atoms with E-state index >= 15 is 0 Å². The number of hydrogen-bond donors (Lipinski definition) is 2. The maximum atomic E-state index is 8.60. The molecule has 0 radical (unpaired) electrons. The second kappa shape index (κ2) is 6.37. The van der Waals surface area contributed by atoms with Crippen molar-refractivity contribution in [3.63, 3.8) is 0 Å². The summed E-state index contributed by atoms with van der Waals surface area (Å²) >= 11 is 0. The van der Waals surface area contributed by atoms with E-state index < -0.39 is 0 Å². The highest BCUT2D eigenvalue weighted by atomic mass is 16.5. The molecule has 0 aliphatic carbocycles. The number of aromatic nitrogens is 2. The molecule has 1 heterocycles. The van der Waals surface area contributed by atoms with Gasteiger partial charge in [0.25, 0.3) is 0 Å². The molecule has 0 amide bonds. The maximum Gasteiger partial charge on any atom is 0.322 e. The first kappa shape index (κ1) is 13.6. The molecular formula is C13H14N4O3. The van der Waals surface area contributed by atoms with Crippen molar-refractivity contribution < 1.29 is 14.7 Å². The Morgan fingerprint density at radius 1 is 1.25 bits per heavy atom. The third-order valence-electron chi connectivity index (χ3n) is 2.35. The molecule has 1 aromatic carbocycles. The van der Waals surface area contributed by atoms with Gasteiger partial charge in [-0.15, -0.1) is 0 Å². The lowest BCUT2D eigenvalue weighted by Gasteiger charge is -2.06. The lowest BCUT2D eigenvalue weighted by atomic mass is 10.3. The number of amidine groups is 1. The van der Waals surface area contributed by atoms with Gasteiger partial charge in [0.15, 0.2) is 5.84 Å². The highest BCUT2D eigenvalue weighted by molar-refractivity contribution is 5.95. The van der Waals surface area contributed by atoms with E-state index in [1.54, 1.807) is 24.3 Å². The van der Waals surface area contributed by atoms with Gasteiger partial charge in [-0.3, -0.25) is 0 Å². The number of rotatable bonds is 5. The predicted molar refractivity (Wildman–Crippen MR) is 72.2 cm³/mol. The number of nitrogens with two attached hydrogens (primary N) is 1. The van der Waals surface area contributed by atoms with Crippen molar-refractivity contribution in [2.75, 3.05) is 6.61 Å². The van der Waals surface area contributed by atoms with Crippen LogP contribution in [0.25, 0.3) is 0 Å². The molecule has 20 heavy (non-hydrogen) atoms. The van der Waals surface area contributed by atoms with Crippen LogP contribution >= 0.6 is 0 Å². The van der Waals surface area contributed by atoms with Gasteiger partial charge in [-0.1, -0.05) is 5.16 Å². The van der Waals surface area contributed by atoms with Gasteiger partial charge in [0.05, 0.1) is 6.61 Å². The Labute approximate surface area is 115 Å². The molecule has 3 N–H and O–H groups in total. The van der Waals surface area contributed by atoms with Crippen LogP contribution in [0.3, 0.4) is 0 Å². The summed E-state index contributed by atoms with van der Waals surface area (Å²) in [7, 11) is 0. The van der Waals surface area contributed by atoms with Crippen LogP contribution < -0.4 is 15.2 Å². The Balaban J connectivity index is 2.13. The maximum absolute atomic E-state index is 8.60. The summed E-state index contributed by atoms with van der Waals surface area (Å²) < 4.78 is 10.8. The van der Waals surface area contributed by atoms with Crippen LogP contribution in [0.4, 0.5) is 0 Å². The molecule has 0 spiro atoms. The molecule has 104 valence electrons. The molecule has 0 aliphatic heterocycles. The van der Waals surface area contributed by atoms with Crippen LogP contribution in [0.15, 0.2) is 41.7 Å². The summed E-state index contributed by atoms with van der Waals surface area (Å²) in [5.41, 5.74) is 5.73. The van der Waals surface area contributed by atoms with Crippen LogP contribution in [0, 0.1) is 0 Å². The van der Waals surface area contributed by atoms with Gasteiger partial charge in [0.1, 0.15) is 17.2 Å². The van der Waals surface area contributed by atoms with Gasteiger partial charge in [0.2, 0.25) is 0 Å². The minimum absolute atomic E-state index is 0.107. The Kier molecular flexibility index (Phi) is 4.33. The standard InChI is InChI=1S/C13H14N4O3/c1-2-19-9-3-5-10(6-4-9)20-13-15-8-7-11(16-13)12(14)17-18/h3-8,18H,2H2,1H3,(H2,14,17). The van der Waals surface area contributed by atoms with E-state index in [0.29, 0.717) is 12.4 Å². The van der Waals surface area contributed by atoms with E-state index in [-0.39, 0.29) is 17.5 Å². The summed E-state index contributed by atoms with van der Waals surface area (Å²) in [6.07, 6.45) is 1.46. The average molecular weight is 274 g/mol. The summed E-state index contributed by atoms with van der Waals surface area (Å²) in [6, 6.07) is 8.67. The van der Waals surface area contributed by atoms with Gasteiger partial charge in [-0.25, -0.2) is 4.98 Å². The fraction of sp³-hybridized carbons (Fsp3) is 0.154. The fourth-order valence-electron chi connectivity index (χ4n) is 1.46. The SMILES string of the molecule is CCOc1ccc(Oc2nccc(/C(N)=N/O)n2)cc1. The van der Waals surface area contributed by atoms with E-state index in [0.717, 1.165) is 5.75 Å². The summed E-state index contributed by atoms with van der Waals surface area (Å²) in [6.45, 7) is 2.52. The molecule has 0 bridgehead atoms. The molecule has 0 fully saturated rings. The zero-order valence-electron chi connectivity index (χ0n) is 10.9. The number of benzene rings is 1. The van der Waals surface area contributed by atoms with Crippen molar-refractivity contribution in [3.05, 3.63) is 42.2 Å². The largest absolute Gasteiger partial charge is 0.494 e. The van der Waals surface area contributed by atoms with Gasteiger partial charge in [-0.2, -0.15) is 4.98 Å². The molecule has 0 atom stereocenters. The van der Waals surface area contributed by atoms with E-state index in [2.05, 4.69) is 15.1 Å². The molecule has 0 unspecified atom stereocenters. The predicted octanol–water partition coefficient (Wildman–Crippen LogP) is 1.76. The van der Waals surface area contributed by atoms with Gasteiger partial charge < -0.3 is 20.4 Å². The van der Waals surface area contributed by atoms with Gasteiger partial charge >= 0.3 is 6.01 Å². The molecule has 7 nitrogen and oxygen atoms in total. The first-order valence-corrected chi connectivity index (χ1v) is 5.94. The van der Waals surface area contributed by atoms with Crippen molar-refractivity contribution in [2.24, 2.45) is 10.9 Å². The van der Waals surface area contributed by atoms with Crippen molar-refractivity contribution in [1.82, 2.24) is 9.97 Å². The van der Waals surface area contributed by atoms with E-state index in [1.807, 2.05) is 6.92 Å². The molecule has 0 saturated heterocycles. The number of oxime groups is 1. The highest BCUT2D eigenvalue weighted by Crippen LogP contribution is 2.21. The molecule has 0 saturated carbocycles. The first-order chi connectivity index (χ1) is 9.72. The fourth-order valence-corrected chi connectivity index (χ4v) is 1.46. The molecule has 0 aliphatic rings. The number of nitrogens with zero attached hydrogens (tertiary/aromatic N) is 3. The second-order valence-electron chi connectivity index (χ2n) is 3.72. The molecule has 2 rings (SSSR count). The Morgan fingerprint density at radius 3 is 2.60 bits per heavy atom. The zero-order valence-corrected chi connectivity index (χ0v) is 10.9. The van der Waals surface area contributed by atoms with E-state index in [9.17, 15) is 0 Å². The smallest absolute Gasteiger partial charge is 0.322 e. The highest BCUT2D eigenvalue weighted by Gasteiger charge is 2.05. The minimum atomic E-state index is -0.107. The minimum Gasteiger partial charge on any atom is -0.494 e. The van der Waals surface area contributed by atoms with Crippen LogP contribution in [0.2, 0.25) is 0 Å². The zero-order chi connectivity index (χ0) is 14.4. The van der Waals surface area contributed by atoms with Crippen LogP contribution in [-0.2, 0) is 0 Å². The van der Waals surface area contributed by atoms with Crippen molar-refractivity contribution in [2.45, 2.75) is 6.92 Å². The molecule has 2 aromatic rings. The van der Waals surface area contributed by atoms with Crippen LogP contribution in [0.5, 0.6) is 17.5 Å². The lowest BCUT2D eigenvalue weighted by molar-refractivity contribution is 0.318. The van der Waals surface area contributed by atoms with Crippen molar-refractivity contribution >= 4 is 5.84 Å². The molecule has 7 heteroatoms. The van der Waals surface area contributed by atoms with E-state index in [1.165, 1.54) is 12.3 Å². The lowest BCUT2D eigenvalue weighted by Crippen LogP contribution is -2.15. The average Bonchev–Trinajstić information content (AvgIpc) is 2.49. The quantitative estimate of drug-likeness (QED) is 0.373. The first-order valence-electron chi connectivity index (χ1n) is 5.94. The Hall–Kier alpha value is -2.83. The summed E-state index contributed by atoms with van der Waals surface area (Å²) in [5.74, 6) is 1.21. The normalized spacial score (nSPS) is 11.2. The Morgan fingerprint density at radius 2 is 1.95 bits per heavy atom. The van der Waals surface area contributed by atoms with E-state index in [4.69, 9.17) is 20.4 Å². The molecule has 1 aromatic heterocycles. The monoisotopic (exact) mass is 274 g/mol. The van der Waals surface area contributed by atoms with Crippen molar-refractivity contribution in [1.29, 1.82) is 0 Å². The molecular weight excluding hydrogens is 260 g/mol. The van der Waals surface area contributed by atoms with Gasteiger partial charge in [-0.05, 0) is 37.3 Å². The third-order valence-corrected chi connectivity index (χ3v) is 2.35. The van der Waals surface area contributed by atoms with Crippen LogP contribution in [-0.4, -0.2) is 27.6 Å². The second-order valence-corrected chi connectivity index (χ2v) is 3.72. The number of ether oxygens (including phenoxy) is 2. The van der Waals surface area contributed by atoms with Crippen LogP contribution in [0.1, 0.15) is 12.6 Å². The topological polar surface area (TPSA) is 103 Å². The summed E-state index contributed by atoms with van der Waals surface area (Å²) in [5, 5.41) is 11.5. The summed E-state index contributed by atoms with van der Waals surface area (Å²) in [4.78, 5) is 7.97.